The maximum atomic E-state index is 3.54. The average molecular weight is 213 g/mol. The molecule has 1 N–H and O–H groups in total. The molecule has 0 aliphatic rings. The van der Waals surface area contributed by atoms with Gasteiger partial charge in [0.25, 0.3) is 0 Å². The molecule has 0 aromatic heterocycles. The fourth-order valence-electron chi connectivity index (χ4n) is 1.80. The lowest BCUT2D eigenvalue weighted by atomic mass is 9.98. The fourth-order valence-corrected chi connectivity index (χ4v) is 1.80. The van der Waals surface area contributed by atoms with Crippen molar-refractivity contribution >= 4 is 0 Å². The average Bonchev–Trinajstić information content (AvgIpc) is 2.11. The summed E-state index contributed by atoms with van der Waals surface area (Å²) >= 11 is 0. The second kappa shape index (κ2) is 8.15. The van der Waals surface area contributed by atoms with Gasteiger partial charge in [-0.25, -0.2) is 0 Å². The van der Waals surface area contributed by atoms with Gasteiger partial charge in [0.1, 0.15) is 0 Å². The normalized spacial score (nSPS) is 14.2. The first kappa shape index (κ1) is 15.0. The molecular weight excluding hydrogens is 182 g/mol. The summed E-state index contributed by atoms with van der Waals surface area (Å²) in [5.41, 5.74) is 0.283. The van der Waals surface area contributed by atoms with Crippen LogP contribution >= 0.6 is 0 Å². The molecule has 0 rings (SSSR count). The lowest BCUT2D eigenvalue weighted by Gasteiger charge is -2.21. The van der Waals surface area contributed by atoms with Gasteiger partial charge in [0.2, 0.25) is 0 Å². The molecule has 0 spiro atoms. The molecule has 0 aliphatic carbocycles. The Morgan fingerprint density at radius 1 is 1.00 bits per heavy atom. The smallest absolute Gasteiger partial charge is 0.00965 e. The number of nitrogens with one attached hydrogen (secondary N) is 1. The van der Waals surface area contributed by atoms with Gasteiger partial charge in [-0.15, -0.1) is 0 Å². The molecule has 0 fully saturated rings. The van der Waals surface area contributed by atoms with E-state index >= 15 is 0 Å². The van der Waals surface area contributed by atoms with Crippen LogP contribution in [-0.4, -0.2) is 12.1 Å². The third-order valence-corrected chi connectivity index (χ3v) is 2.83. The molecule has 1 unspecified atom stereocenters. The maximum absolute atomic E-state index is 3.54. The van der Waals surface area contributed by atoms with Crippen LogP contribution in [0.2, 0.25) is 0 Å². The van der Waals surface area contributed by atoms with Gasteiger partial charge in [-0.3, -0.25) is 0 Å². The summed E-state index contributed by atoms with van der Waals surface area (Å²) in [5.74, 6) is 0.915. The summed E-state index contributed by atoms with van der Waals surface area (Å²) in [7, 11) is 0. The lowest BCUT2D eigenvalue weighted by Crippen LogP contribution is -2.36. The van der Waals surface area contributed by atoms with Crippen molar-refractivity contribution in [1.29, 1.82) is 0 Å². The summed E-state index contributed by atoms with van der Waals surface area (Å²) in [6.45, 7) is 12.5. The molecule has 1 nitrogen and oxygen atoms in total. The summed E-state index contributed by atoms with van der Waals surface area (Å²) in [5, 5.41) is 3.54. The predicted molar refractivity (Wildman–Crippen MR) is 70.3 cm³/mol. The highest BCUT2D eigenvalue weighted by molar-refractivity contribution is 4.70. The molecule has 1 atom stereocenters. The quantitative estimate of drug-likeness (QED) is 0.590. The van der Waals surface area contributed by atoms with Crippen LogP contribution in [0.3, 0.4) is 0 Å². The molecule has 0 saturated carbocycles. The Morgan fingerprint density at radius 3 is 2.13 bits per heavy atom. The molecular formula is C14H31N. The zero-order valence-corrected chi connectivity index (χ0v) is 11.5. The van der Waals surface area contributed by atoms with E-state index < -0.39 is 0 Å². The molecule has 0 saturated heterocycles. The summed E-state index contributed by atoms with van der Waals surface area (Å²) in [6, 6.07) is 0. The zero-order valence-electron chi connectivity index (χ0n) is 11.5. The minimum Gasteiger partial charge on any atom is -0.312 e. The Labute approximate surface area is 97.0 Å². The van der Waals surface area contributed by atoms with Gasteiger partial charge in [-0.05, 0) is 46.1 Å². The molecule has 0 aromatic carbocycles. The standard InChI is InChI=1S/C14H31N/c1-6-7-8-10-13(2)11-9-12-15-14(3,4)5/h13,15H,6-12H2,1-5H3. The van der Waals surface area contributed by atoms with E-state index in [9.17, 15) is 0 Å². The Balaban J connectivity index is 3.27. The van der Waals surface area contributed by atoms with Gasteiger partial charge in [0.15, 0.2) is 0 Å². The zero-order chi connectivity index (χ0) is 11.7. The van der Waals surface area contributed by atoms with Gasteiger partial charge < -0.3 is 5.32 Å². The maximum Gasteiger partial charge on any atom is 0.00965 e. The third kappa shape index (κ3) is 11.9. The van der Waals surface area contributed by atoms with E-state index in [2.05, 4.69) is 39.9 Å². The van der Waals surface area contributed by atoms with E-state index in [1.807, 2.05) is 0 Å². The van der Waals surface area contributed by atoms with Crippen molar-refractivity contribution in [3.8, 4) is 0 Å². The molecule has 15 heavy (non-hydrogen) atoms. The molecule has 0 heterocycles. The van der Waals surface area contributed by atoms with E-state index in [0.29, 0.717) is 0 Å². The Hall–Kier alpha value is -0.0400. The third-order valence-electron chi connectivity index (χ3n) is 2.83. The van der Waals surface area contributed by atoms with Crippen LogP contribution in [0.4, 0.5) is 0 Å². The Kier molecular flexibility index (Phi) is 8.13. The van der Waals surface area contributed by atoms with Gasteiger partial charge >= 0.3 is 0 Å². The highest BCUT2D eigenvalue weighted by Gasteiger charge is 2.08. The molecule has 0 aliphatic heterocycles. The van der Waals surface area contributed by atoms with Crippen molar-refractivity contribution in [1.82, 2.24) is 5.32 Å². The number of unbranched alkanes of at least 4 members (excludes halogenated alkanes) is 2. The van der Waals surface area contributed by atoms with Gasteiger partial charge in [-0.2, -0.15) is 0 Å². The second-order valence-electron chi connectivity index (χ2n) is 5.92. The summed E-state index contributed by atoms with van der Waals surface area (Å²) in [4.78, 5) is 0. The first-order chi connectivity index (χ1) is 6.95. The van der Waals surface area contributed by atoms with E-state index in [1.54, 1.807) is 0 Å². The van der Waals surface area contributed by atoms with E-state index in [0.717, 1.165) is 5.92 Å². The van der Waals surface area contributed by atoms with E-state index in [-0.39, 0.29) is 5.54 Å². The Bertz CT molecular complexity index is 135. The minimum absolute atomic E-state index is 0.283. The van der Waals surface area contributed by atoms with E-state index in [4.69, 9.17) is 0 Å². The molecule has 0 aromatic rings. The minimum atomic E-state index is 0.283. The van der Waals surface area contributed by atoms with Gasteiger partial charge in [0, 0.05) is 5.54 Å². The molecule has 1 heteroatoms. The SMILES string of the molecule is CCCCCC(C)CCCNC(C)(C)C. The van der Waals surface area contributed by atoms with Crippen molar-refractivity contribution in [3.05, 3.63) is 0 Å². The van der Waals surface area contributed by atoms with E-state index in [1.165, 1.54) is 45.1 Å². The largest absolute Gasteiger partial charge is 0.312 e. The number of hydrogen-bond acceptors (Lipinski definition) is 1. The van der Waals surface area contributed by atoms with Crippen molar-refractivity contribution in [3.63, 3.8) is 0 Å². The highest BCUT2D eigenvalue weighted by atomic mass is 14.9. The topological polar surface area (TPSA) is 12.0 Å². The van der Waals surface area contributed by atoms with Gasteiger partial charge in [-0.1, -0.05) is 39.5 Å². The fraction of sp³-hybridized carbons (Fsp3) is 1.00. The number of hydrogen-bond donors (Lipinski definition) is 1. The Morgan fingerprint density at radius 2 is 1.60 bits per heavy atom. The van der Waals surface area contributed by atoms with Crippen LogP contribution in [0, 0.1) is 5.92 Å². The molecule has 0 radical (unpaired) electrons. The van der Waals surface area contributed by atoms with Crippen molar-refractivity contribution in [2.24, 2.45) is 5.92 Å². The first-order valence-corrected chi connectivity index (χ1v) is 6.70. The number of rotatable bonds is 8. The second-order valence-corrected chi connectivity index (χ2v) is 5.92. The van der Waals surface area contributed by atoms with Crippen molar-refractivity contribution in [2.45, 2.75) is 78.7 Å². The van der Waals surface area contributed by atoms with Crippen LogP contribution in [0.15, 0.2) is 0 Å². The molecule has 0 amide bonds. The van der Waals surface area contributed by atoms with Crippen molar-refractivity contribution < 1.29 is 0 Å². The molecule has 0 bridgehead atoms. The van der Waals surface area contributed by atoms with Crippen LogP contribution in [-0.2, 0) is 0 Å². The predicted octanol–water partition coefficient (Wildman–Crippen LogP) is 4.37. The highest BCUT2D eigenvalue weighted by Crippen LogP contribution is 2.14. The lowest BCUT2D eigenvalue weighted by molar-refractivity contribution is 0.391. The van der Waals surface area contributed by atoms with Crippen LogP contribution in [0.5, 0.6) is 0 Å². The van der Waals surface area contributed by atoms with Crippen LogP contribution in [0.25, 0.3) is 0 Å². The van der Waals surface area contributed by atoms with Crippen LogP contribution in [0.1, 0.15) is 73.1 Å². The van der Waals surface area contributed by atoms with Crippen LogP contribution < -0.4 is 5.32 Å². The summed E-state index contributed by atoms with van der Waals surface area (Å²) < 4.78 is 0. The summed E-state index contributed by atoms with van der Waals surface area (Å²) in [6.07, 6.45) is 8.30. The van der Waals surface area contributed by atoms with Crippen molar-refractivity contribution in [2.75, 3.05) is 6.54 Å². The first-order valence-electron chi connectivity index (χ1n) is 6.70. The monoisotopic (exact) mass is 213 g/mol. The molecule has 92 valence electrons. The van der Waals surface area contributed by atoms with Gasteiger partial charge in [0.05, 0.1) is 0 Å².